The van der Waals surface area contributed by atoms with Gasteiger partial charge in [0.15, 0.2) is 0 Å². The van der Waals surface area contributed by atoms with Gasteiger partial charge in [0.2, 0.25) is 5.88 Å². The largest absolute Gasteiger partial charge is 0.469 e. The lowest BCUT2D eigenvalue weighted by Crippen LogP contribution is -2.14. The minimum absolute atomic E-state index is 0.415. The fraction of sp³-hybridized carbons (Fsp3) is 0.333. The van der Waals surface area contributed by atoms with Crippen LogP contribution in [0.2, 0.25) is 0 Å². The summed E-state index contributed by atoms with van der Waals surface area (Å²) >= 11 is 2.11. The molecule has 1 aromatic carbocycles. The monoisotopic (exact) mass is 459 g/mol. The van der Waals surface area contributed by atoms with E-state index in [1.807, 2.05) is 31.9 Å². The molecular formula is C18H20F2IN3O. The highest BCUT2D eigenvalue weighted by Crippen LogP contribution is 2.30. The molecule has 0 N–H and O–H groups in total. The van der Waals surface area contributed by atoms with Gasteiger partial charge in [0.05, 0.1) is 21.3 Å². The van der Waals surface area contributed by atoms with Crippen LogP contribution in [0.4, 0.5) is 14.5 Å². The number of aromatic nitrogens is 1. The number of rotatable bonds is 6. The van der Waals surface area contributed by atoms with E-state index in [1.54, 1.807) is 13.3 Å². The Kier molecular flexibility index (Phi) is 6.69. The molecule has 0 bridgehead atoms. The maximum absolute atomic E-state index is 13.4. The van der Waals surface area contributed by atoms with Crippen LogP contribution in [0.5, 0.6) is 5.88 Å². The fourth-order valence-electron chi connectivity index (χ4n) is 2.05. The third-order valence-electron chi connectivity index (χ3n) is 3.64. The molecule has 0 saturated heterocycles. The van der Waals surface area contributed by atoms with Crippen molar-refractivity contribution in [3.05, 3.63) is 50.7 Å². The van der Waals surface area contributed by atoms with Gasteiger partial charge in [0.1, 0.15) is 17.7 Å². The first-order valence-corrected chi connectivity index (χ1v) is 8.92. The molecule has 0 aliphatic carbocycles. The Hall–Kier alpha value is -1.77. The molecule has 2 aromatic rings. The second kappa shape index (κ2) is 8.55. The van der Waals surface area contributed by atoms with E-state index in [0.717, 1.165) is 21.9 Å². The van der Waals surface area contributed by atoms with E-state index in [2.05, 4.69) is 32.6 Å². The Morgan fingerprint density at radius 2 is 1.92 bits per heavy atom. The number of aliphatic imine (C=N–C) groups is 1. The van der Waals surface area contributed by atoms with E-state index < -0.39 is 17.7 Å². The van der Waals surface area contributed by atoms with Gasteiger partial charge in [-0.15, -0.1) is 0 Å². The molecule has 1 aromatic heterocycles. The minimum atomic E-state index is -0.631. The second-order valence-corrected chi connectivity index (χ2v) is 6.82. The van der Waals surface area contributed by atoms with E-state index >= 15 is 0 Å². The Balaban J connectivity index is 2.22. The van der Waals surface area contributed by atoms with Gasteiger partial charge in [-0.05, 0) is 67.1 Å². The van der Waals surface area contributed by atoms with Crippen LogP contribution in [0, 0.1) is 22.1 Å². The summed E-state index contributed by atoms with van der Waals surface area (Å²) in [5.74, 6) is -0.846. The van der Waals surface area contributed by atoms with Gasteiger partial charge in [-0.1, -0.05) is 0 Å². The van der Waals surface area contributed by atoms with Crippen LogP contribution in [0.15, 0.2) is 29.3 Å². The SMILES string of the molecule is CCN(C)/C=N/c1cc(I)c(OC(C)c2cc(F)cc(F)c2)nc1C. The zero-order valence-electron chi connectivity index (χ0n) is 14.6. The lowest BCUT2D eigenvalue weighted by atomic mass is 10.1. The first kappa shape index (κ1) is 19.6. The highest BCUT2D eigenvalue weighted by Gasteiger charge is 2.15. The van der Waals surface area contributed by atoms with Crippen molar-refractivity contribution in [3.8, 4) is 5.88 Å². The van der Waals surface area contributed by atoms with Crippen molar-refractivity contribution in [2.45, 2.75) is 26.9 Å². The van der Waals surface area contributed by atoms with E-state index in [4.69, 9.17) is 4.74 Å². The Bertz CT molecular complexity index is 763. The number of nitrogens with zero attached hydrogens (tertiary/aromatic N) is 3. The number of hydrogen-bond donors (Lipinski definition) is 0. The van der Waals surface area contributed by atoms with E-state index in [1.165, 1.54) is 12.1 Å². The van der Waals surface area contributed by atoms with Gasteiger partial charge in [-0.25, -0.2) is 18.8 Å². The van der Waals surface area contributed by atoms with Crippen molar-refractivity contribution >= 4 is 34.6 Å². The summed E-state index contributed by atoms with van der Waals surface area (Å²) in [6.45, 7) is 6.46. The smallest absolute Gasteiger partial charge is 0.228 e. The Labute approximate surface area is 160 Å². The molecule has 1 unspecified atom stereocenters. The lowest BCUT2D eigenvalue weighted by Gasteiger charge is -2.17. The van der Waals surface area contributed by atoms with Crippen LogP contribution in [-0.4, -0.2) is 29.8 Å². The van der Waals surface area contributed by atoms with Crippen molar-refractivity contribution in [1.29, 1.82) is 0 Å². The number of ether oxygens (including phenoxy) is 1. The molecule has 1 heterocycles. The number of aryl methyl sites for hydroxylation is 1. The molecule has 0 aliphatic heterocycles. The van der Waals surface area contributed by atoms with Crippen LogP contribution >= 0.6 is 22.6 Å². The summed E-state index contributed by atoms with van der Waals surface area (Å²) in [6.07, 6.45) is 1.21. The molecule has 0 spiro atoms. The molecule has 4 nitrogen and oxygen atoms in total. The van der Waals surface area contributed by atoms with Gasteiger partial charge >= 0.3 is 0 Å². The van der Waals surface area contributed by atoms with Crippen molar-refractivity contribution in [2.24, 2.45) is 4.99 Å². The standard InChI is InChI=1S/C18H20F2IN3O/c1-5-24(4)10-22-17-9-16(21)18(23-11(17)2)25-12(3)13-6-14(19)8-15(20)7-13/h6-10,12H,5H2,1-4H3/b22-10+. The molecule has 0 aliphatic rings. The highest BCUT2D eigenvalue weighted by atomic mass is 127. The summed E-state index contributed by atoms with van der Waals surface area (Å²) in [5, 5.41) is 0. The van der Waals surface area contributed by atoms with Crippen molar-refractivity contribution in [1.82, 2.24) is 9.88 Å². The van der Waals surface area contributed by atoms with Crippen LogP contribution in [-0.2, 0) is 0 Å². The third kappa shape index (κ3) is 5.35. The van der Waals surface area contributed by atoms with Crippen LogP contribution in [0.25, 0.3) is 0 Å². The average Bonchev–Trinajstić information content (AvgIpc) is 2.55. The zero-order chi connectivity index (χ0) is 18.6. The maximum Gasteiger partial charge on any atom is 0.228 e. The first-order chi connectivity index (χ1) is 11.8. The number of benzene rings is 1. The minimum Gasteiger partial charge on any atom is -0.469 e. The van der Waals surface area contributed by atoms with Gasteiger partial charge in [0.25, 0.3) is 0 Å². The van der Waals surface area contributed by atoms with Gasteiger partial charge in [-0.3, -0.25) is 0 Å². The molecule has 134 valence electrons. The molecule has 0 saturated carbocycles. The molecule has 1 atom stereocenters. The van der Waals surface area contributed by atoms with Gasteiger partial charge in [0, 0.05) is 19.7 Å². The number of hydrogen-bond acceptors (Lipinski definition) is 3. The first-order valence-electron chi connectivity index (χ1n) is 7.84. The summed E-state index contributed by atoms with van der Waals surface area (Å²) in [7, 11) is 1.94. The van der Waals surface area contributed by atoms with E-state index in [-0.39, 0.29) is 0 Å². The van der Waals surface area contributed by atoms with Crippen molar-refractivity contribution < 1.29 is 13.5 Å². The average molecular weight is 459 g/mol. The Morgan fingerprint density at radius 3 is 2.52 bits per heavy atom. The molecule has 0 fully saturated rings. The summed E-state index contributed by atoms with van der Waals surface area (Å²) in [4.78, 5) is 10.8. The topological polar surface area (TPSA) is 37.7 Å². The molecule has 7 heteroatoms. The van der Waals surface area contributed by atoms with Crippen molar-refractivity contribution in [3.63, 3.8) is 0 Å². The predicted molar refractivity (Wildman–Crippen MR) is 104 cm³/mol. The van der Waals surface area contributed by atoms with Gasteiger partial charge < -0.3 is 9.64 Å². The normalized spacial score (nSPS) is 12.4. The third-order valence-corrected chi connectivity index (χ3v) is 4.42. The van der Waals surface area contributed by atoms with Crippen LogP contribution in [0.3, 0.4) is 0 Å². The number of pyridine rings is 1. The zero-order valence-corrected chi connectivity index (χ0v) is 16.7. The fourth-order valence-corrected chi connectivity index (χ4v) is 2.59. The molecule has 0 amide bonds. The van der Waals surface area contributed by atoms with Crippen LogP contribution in [0.1, 0.15) is 31.2 Å². The lowest BCUT2D eigenvalue weighted by molar-refractivity contribution is 0.214. The van der Waals surface area contributed by atoms with E-state index in [9.17, 15) is 8.78 Å². The van der Waals surface area contributed by atoms with E-state index in [0.29, 0.717) is 17.1 Å². The number of halogens is 3. The van der Waals surface area contributed by atoms with Gasteiger partial charge in [-0.2, -0.15) is 0 Å². The summed E-state index contributed by atoms with van der Waals surface area (Å²) < 4.78 is 33.3. The molecule has 2 rings (SSSR count). The van der Waals surface area contributed by atoms with Crippen LogP contribution < -0.4 is 4.74 Å². The summed E-state index contributed by atoms with van der Waals surface area (Å²) in [6, 6.07) is 5.22. The second-order valence-electron chi connectivity index (χ2n) is 5.66. The quantitative estimate of drug-likeness (QED) is 0.346. The molecular weight excluding hydrogens is 439 g/mol. The summed E-state index contributed by atoms with van der Waals surface area (Å²) in [5.41, 5.74) is 1.88. The highest BCUT2D eigenvalue weighted by molar-refractivity contribution is 14.1. The Morgan fingerprint density at radius 1 is 1.28 bits per heavy atom. The predicted octanol–water partition coefficient (Wildman–Crippen LogP) is 5.02. The van der Waals surface area contributed by atoms with Crippen molar-refractivity contribution in [2.75, 3.05) is 13.6 Å². The maximum atomic E-state index is 13.4. The molecule has 25 heavy (non-hydrogen) atoms. The molecule has 0 radical (unpaired) electrons.